The zero-order chi connectivity index (χ0) is 13.5. The molecule has 8 heteroatoms. The number of amides is 1. The molecule has 6 nitrogen and oxygen atoms in total. The second kappa shape index (κ2) is 4.33. The zero-order valence-corrected chi connectivity index (χ0v) is 11.2. The Morgan fingerprint density at radius 2 is 1.94 bits per heavy atom. The molecule has 1 aromatic carbocycles. The number of methoxy groups -OCH3 is 2. The standard InChI is InChI=1S/C10H10ClNO5S/c1-16-6-3-7(17-2)9-8(4-6)18(14,15)12(5-11)10(9)13/h3-4H,5H2,1-2H3. The summed E-state index contributed by atoms with van der Waals surface area (Å²) in [6.07, 6.45) is 0. The summed E-state index contributed by atoms with van der Waals surface area (Å²) in [5.41, 5.74) is -0.0149. The number of sulfonamides is 1. The number of nitrogens with zero attached hydrogens (tertiary/aromatic N) is 1. The normalized spacial score (nSPS) is 16.6. The van der Waals surface area contributed by atoms with Crippen molar-refractivity contribution in [3.8, 4) is 11.5 Å². The second-order valence-corrected chi connectivity index (χ2v) is 5.55. The Morgan fingerprint density at radius 1 is 1.28 bits per heavy atom. The van der Waals surface area contributed by atoms with E-state index in [9.17, 15) is 13.2 Å². The van der Waals surface area contributed by atoms with Crippen LogP contribution in [0.4, 0.5) is 0 Å². The van der Waals surface area contributed by atoms with E-state index in [-0.39, 0.29) is 16.2 Å². The van der Waals surface area contributed by atoms with Crippen LogP contribution in [0.25, 0.3) is 0 Å². The van der Waals surface area contributed by atoms with Gasteiger partial charge in [-0.1, -0.05) is 0 Å². The summed E-state index contributed by atoms with van der Waals surface area (Å²) in [4.78, 5) is 11.8. The summed E-state index contributed by atoms with van der Waals surface area (Å²) in [7, 11) is -1.18. The smallest absolute Gasteiger partial charge is 0.273 e. The van der Waals surface area contributed by atoms with Gasteiger partial charge in [0.2, 0.25) is 0 Å². The molecular weight excluding hydrogens is 282 g/mol. The Bertz CT molecular complexity index is 613. The molecule has 0 fully saturated rings. The Morgan fingerprint density at radius 3 is 2.44 bits per heavy atom. The minimum atomic E-state index is -3.92. The Hall–Kier alpha value is -1.47. The van der Waals surface area contributed by atoms with Gasteiger partial charge in [-0.15, -0.1) is 11.6 Å². The number of carbonyl (C=O) groups is 1. The first-order chi connectivity index (χ1) is 8.47. The van der Waals surface area contributed by atoms with E-state index >= 15 is 0 Å². The molecule has 2 rings (SSSR count). The van der Waals surface area contributed by atoms with Gasteiger partial charge < -0.3 is 9.47 Å². The minimum Gasteiger partial charge on any atom is -0.497 e. The fourth-order valence-corrected chi connectivity index (χ4v) is 3.61. The molecule has 0 atom stereocenters. The second-order valence-electron chi connectivity index (χ2n) is 3.48. The maximum atomic E-state index is 12.1. The van der Waals surface area contributed by atoms with Crippen LogP contribution in [0.15, 0.2) is 17.0 Å². The van der Waals surface area contributed by atoms with Crippen LogP contribution in [0.5, 0.6) is 11.5 Å². The number of ether oxygens (including phenoxy) is 2. The number of fused-ring (bicyclic) bond motifs is 1. The van der Waals surface area contributed by atoms with Crippen LogP contribution in [0.3, 0.4) is 0 Å². The molecule has 98 valence electrons. The first-order valence-electron chi connectivity index (χ1n) is 4.86. The third kappa shape index (κ3) is 1.62. The van der Waals surface area contributed by atoms with Gasteiger partial charge in [-0.2, -0.15) is 0 Å². The molecule has 0 unspecified atom stereocenters. The average Bonchev–Trinajstić information content (AvgIpc) is 2.55. The predicted octanol–water partition coefficient (Wildman–Crippen LogP) is 1.04. The predicted molar refractivity (Wildman–Crippen MR) is 63.6 cm³/mol. The lowest BCUT2D eigenvalue weighted by atomic mass is 10.2. The molecule has 0 aromatic heterocycles. The van der Waals surface area contributed by atoms with E-state index in [0.717, 1.165) is 0 Å². The van der Waals surface area contributed by atoms with Crippen LogP contribution < -0.4 is 9.47 Å². The van der Waals surface area contributed by atoms with E-state index in [4.69, 9.17) is 21.1 Å². The van der Waals surface area contributed by atoms with Crippen molar-refractivity contribution >= 4 is 27.5 Å². The van der Waals surface area contributed by atoms with Crippen molar-refractivity contribution in [2.45, 2.75) is 4.90 Å². The van der Waals surface area contributed by atoms with Crippen LogP contribution in [0.1, 0.15) is 10.4 Å². The summed E-state index contributed by atoms with van der Waals surface area (Å²) in [6, 6.07) is 2.28. The summed E-state index contributed by atoms with van der Waals surface area (Å²) in [5.74, 6) is -0.261. The van der Waals surface area contributed by atoms with E-state index in [1.165, 1.54) is 26.4 Å². The van der Waals surface area contributed by atoms with Crippen LogP contribution in [-0.4, -0.2) is 38.9 Å². The van der Waals surface area contributed by atoms with Crippen LogP contribution >= 0.6 is 11.6 Å². The monoisotopic (exact) mass is 291 g/mol. The SMILES string of the molecule is COc1cc(OC)c2c(c1)S(=O)(=O)N(CCl)C2=O. The number of hydrogen-bond acceptors (Lipinski definition) is 5. The number of hydrogen-bond donors (Lipinski definition) is 0. The fourth-order valence-electron chi connectivity index (χ4n) is 1.73. The number of rotatable bonds is 3. The summed E-state index contributed by atoms with van der Waals surface area (Å²) in [6.45, 7) is 0. The molecule has 1 aliphatic rings. The molecule has 18 heavy (non-hydrogen) atoms. The summed E-state index contributed by atoms with van der Waals surface area (Å²) in [5, 5.41) is 0. The topological polar surface area (TPSA) is 72.9 Å². The number of alkyl halides is 1. The van der Waals surface area contributed by atoms with Crippen LogP contribution in [0, 0.1) is 0 Å². The van der Waals surface area contributed by atoms with E-state index in [0.29, 0.717) is 10.1 Å². The third-order valence-corrected chi connectivity index (χ3v) is 4.75. The van der Waals surface area contributed by atoms with Crippen molar-refractivity contribution in [3.05, 3.63) is 17.7 Å². The van der Waals surface area contributed by atoms with Crippen molar-refractivity contribution < 1.29 is 22.7 Å². The lowest BCUT2D eigenvalue weighted by Gasteiger charge is -2.09. The van der Waals surface area contributed by atoms with Gasteiger partial charge in [-0.05, 0) is 0 Å². The maximum Gasteiger partial charge on any atom is 0.273 e. The van der Waals surface area contributed by atoms with E-state index in [1.54, 1.807) is 0 Å². The fraction of sp³-hybridized carbons (Fsp3) is 0.300. The Balaban J connectivity index is 2.78. The maximum absolute atomic E-state index is 12.1. The highest BCUT2D eigenvalue weighted by molar-refractivity contribution is 7.90. The van der Waals surface area contributed by atoms with Crippen molar-refractivity contribution in [2.75, 3.05) is 20.2 Å². The molecule has 0 bridgehead atoms. The number of carbonyl (C=O) groups excluding carboxylic acids is 1. The molecular formula is C10H10ClNO5S. The van der Waals surface area contributed by atoms with Gasteiger partial charge in [-0.3, -0.25) is 4.79 Å². The molecule has 0 saturated heterocycles. The molecule has 1 aromatic rings. The molecule has 0 spiro atoms. The Labute approximate surface area is 109 Å². The first kappa shape index (κ1) is 13.0. The van der Waals surface area contributed by atoms with Crippen LogP contribution in [-0.2, 0) is 10.0 Å². The molecule has 1 heterocycles. The van der Waals surface area contributed by atoms with E-state index < -0.39 is 21.9 Å². The minimum absolute atomic E-state index is 0.0149. The van der Waals surface area contributed by atoms with Gasteiger partial charge in [0.25, 0.3) is 15.9 Å². The Kier molecular flexibility index (Phi) is 3.12. The van der Waals surface area contributed by atoms with Gasteiger partial charge in [0.15, 0.2) is 0 Å². The van der Waals surface area contributed by atoms with Gasteiger partial charge in [0, 0.05) is 12.1 Å². The molecule has 0 N–H and O–H groups in total. The van der Waals surface area contributed by atoms with Crippen LogP contribution in [0.2, 0.25) is 0 Å². The van der Waals surface area contributed by atoms with Gasteiger partial charge in [0.05, 0.1) is 14.2 Å². The van der Waals surface area contributed by atoms with Gasteiger partial charge in [-0.25, -0.2) is 12.7 Å². The molecule has 1 aliphatic heterocycles. The van der Waals surface area contributed by atoms with Crippen molar-refractivity contribution in [1.82, 2.24) is 4.31 Å². The van der Waals surface area contributed by atoms with E-state index in [2.05, 4.69) is 0 Å². The van der Waals surface area contributed by atoms with E-state index in [1.807, 2.05) is 0 Å². The number of benzene rings is 1. The van der Waals surface area contributed by atoms with Crippen molar-refractivity contribution in [1.29, 1.82) is 0 Å². The quantitative estimate of drug-likeness (QED) is 0.615. The third-order valence-electron chi connectivity index (χ3n) is 2.61. The lowest BCUT2D eigenvalue weighted by Crippen LogP contribution is -2.28. The summed E-state index contributed by atoms with van der Waals surface area (Å²) < 4.78 is 34.7. The summed E-state index contributed by atoms with van der Waals surface area (Å²) >= 11 is 5.50. The lowest BCUT2D eigenvalue weighted by molar-refractivity contribution is 0.0883. The molecule has 0 saturated carbocycles. The average molecular weight is 292 g/mol. The van der Waals surface area contributed by atoms with Gasteiger partial charge in [0.1, 0.15) is 28.0 Å². The molecule has 1 amide bonds. The highest BCUT2D eigenvalue weighted by atomic mass is 35.5. The molecule has 0 aliphatic carbocycles. The molecule has 0 radical (unpaired) electrons. The van der Waals surface area contributed by atoms with Crippen molar-refractivity contribution in [2.24, 2.45) is 0 Å². The largest absolute Gasteiger partial charge is 0.497 e. The van der Waals surface area contributed by atoms with Gasteiger partial charge >= 0.3 is 0 Å². The highest BCUT2D eigenvalue weighted by Gasteiger charge is 2.43. The van der Waals surface area contributed by atoms with Crippen molar-refractivity contribution in [3.63, 3.8) is 0 Å². The number of halogens is 1. The zero-order valence-electron chi connectivity index (χ0n) is 9.64. The highest BCUT2D eigenvalue weighted by Crippen LogP contribution is 2.39. The first-order valence-corrected chi connectivity index (χ1v) is 6.84.